The molecule has 0 radical (unpaired) electrons. The monoisotopic (exact) mass is 423 g/mol. The van der Waals surface area contributed by atoms with Crippen LogP contribution in [0.25, 0.3) is 0 Å². The van der Waals surface area contributed by atoms with Crippen molar-refractivity contribution in [3.8, 4) is 0 Å². The van der Waals surface area contributed by atoms with Gasteiger partial charge in [0.25, 0.3) is 5.91 Å². The summed E-state index contributed by atoms with van der Waals surface area (Å²) in [6.07, 6.45) is 2.37. The Morgan fingerprint density at radius 2 is 2.00 bits per heavy atom. The molecule has 0 fully saturated rings. The van der Waals surface area contributed by atoms with Crippen LogP contribution in [0.15, 0.2) is 36.5 Å². The molecule has 2 heterocycles. The maximum atomic E-state index is 12.6. The molecule has 30 heavy (non-hydrogen) atoms. The molecule has 0 saturated carbocycles. The largest absolute Gasteiger partial charge is 0.352 e. The van der Waals surface area contributed by atoms with Crippen molar-refractivity contribution in [2.75, 3.05) is 5.32 Å². The number of aryl methyl sites for hydroxylation is 2. The van der Waals surface area contributed by atoms with E-state index in [1.807, 2.05) is 26.2 Å². The van der Waals surface area contributed by atoms with Gasteiger partial charge in [-0.2, -0.15) is 5.10 Å². The summed E-state index contributed by atoms with van der Waals surface area (Å²) in [5.41, 5.74) is 2.88. The van der Waals surface area contributed by atoms with Gasteiger partial charge in [-0.15, -0.1) is 0 Å². The molecule has 1 aliphatic rings. The van der Waals surface area contributed by atoms with Gasteiger partial charge in [0.05, 0.1) is 22.2 Å². The molecule has 0 saturated heterocycles. The van der Waals surface area contributed by atoms with Crippen LogP contribution in [0.4, 0.5) is 5.13 Å². The zero-order valence-corrected chi connectivity index (χ0v) is 17.5. The van der Waals surface area contributed by atoms with E-state index in [2.05, 4.69) is 20.7 Å². The first-order chi connectivity index (χ1) is 14.4. The topological polar surface area (TPSA) is 106 Å². The summed E-state index contributed by atoms with van der Waals surface area (Å²) in [6.45, 7) is 2.25. The average molecular weight is 423 g/mol. The van der Waals surface area contributed by atoms with Crippen molar-refractivity contribution in [2.24, 2.45) is 13.0 Å². The number of benzene rings is 1. The van der Waals surface area contributed by atoms with Gasteiger partial charge in [-0.3, -0.25) is 24.4 Å². The van der Waals surface area contributed by atoms with E-state index in [-0.39, 0.29) is 24.0 Å². The molecule has 8 nitrogen and oxygen atoms in total. The lowest BCUT2D eigenvalue weighted by Gasteiger charge is -2.19. The highest BCUT2D eigenvalue weighted by molar-refractivity contribution is 7.17. The molecule has 3 aromatic rings. The maximum Gasteiger partial charge on any atom is 0.257 e. The minimum atomic E-state index is -0.471. The van der Waals surface area contributed by atoms with E-state index in [0.717, 1.165) is 22.6 Å². The van der Waals surface area contributed by atoms with Gasteiger partial charge in [0.1, 0.15) is 0 Å². The van der Waals surface area contributed by atoms with Gasteiger partial charge in [-0.25, -0.2) is 4.98 Å². The normalized spacial score (nSPS) is 15.5. The van der Waals surface area contributed by atoms with Gasteiger partial charge in [0, 0.05) is 43.8 Å². The molecule has 0 bridgehead atoms. The first-order valence-electron chi connectivity index (χ1n) is 9.57. The van der Waals surface area contributed by atoms with Gasteiger partial charge >= 0.3 is 0 Å². The lowest BCUT2D eigenvalue weighted by Crippen LogP contribution is -2.35. The number of aromatic nitrogens is 3. The number of nitrogens with zero attached hydrogens (tertiary/aromatic N) is 3. The third kappa shape index (κ3) is 4.16. The molecule has 2 amide bonds. The predicted octanol–water partition coefficient (Wildman–Crippen LogP) is 2.50. The van der Waals surface area contributed by atoms with Crippen LogP contribution in [0.2, 0.25) is 0 Å². The number of fused-ring (bicyclic) bond motifs is 1. The molecule has 2 aromatic heterocycles. The van der Waals surface area contributed by atoms with E-state index < -0.39 is 5.92 Å². The predicted molar refractivity (Wildman–Crippen MR) is 112 cm³/mol. The molecule has 0 spiro atoms. The minimum absolute atomic E-state index is 0.119. The van der Waals surface area contributed by atoms with Crippen molar-refractivity contribution in [1.82, 2.24) is 20.1 Å². The first kappa shape index (κ1) is 20.0. The second kappa shape index (κ2) is 8.19. The Bertz CT molecular complexity index is 1120. The van der Waals surface area contributed by atoms with Crippen LogP contribution in [0.1, 0.15) is 43.4 Å². The molecule has 154 valence electrons. The zero-order valence-electron chi connectivity index (χ0n) is 16.6. The number of nitrogens with one attached hydrogen (secondary N) is 2. The summed E-state index contributed by atoms with van der Waals surface area (Å²) in [7, 11) is 1.83. The van der Waals surface area contributed by atoms with Crippen molar-refractivity contribution in [1.29, 1.82) is 0 Å². The molecule has 0 aliphatic heterocycles. The summed E-state index contributed by atoms with van der Waals surface area (Å²) in [5.74, 6) is -1.05. The highest BCUT2D eigenvalue weighted by Crippen LogP contribution is 2.32. The van der Waals surface area contributed by atoms with Crippen LogP contribution in [-0.4, -0.2) is 32.4 Å². The third-order valence-electron chi connectivity index (χ3n) is 5.02. The fourth-order valence-electron chi connectivity index (χ4n) is 3.48. The number of amides is 2. The van der Waals surface area contributed by atoms with Crippen molar-refractivity contribution in [2.45, 2.75) is 26.3 Å². The Morgan fingerprint density at radius 1 is 1.23 bits per heavy atom. The van der Waals surface area contributed by atoms with Crippen molar-refractivity contribution in [3.63, 3.8) is 0 Å². The molecule has 9 heteroatoms. The number of ketones is 1. The van der Waals surface area contributed by atoms with Crippen LogP contribution in [0.3, 0.4) is 0 Å². The number of hydrogen-bond acceptors (Lipinski definition) is 6. The van der Waals surface area contributed by atoms with Crippen LogP contribution < -0.4 is 10.6 Å². The van der Waals surface area contributed by atoms with Gasteiger partial charge in [0.15, 0.2) is 10.9 Å². The first-order valence-corrected chi connectivity index (χ1v) is 10.4. The Hall–Kier alpha value is -3.33. The van der Waals surface area contributed by atoms with Gasteiger partial charge in [-0.1, -0.05) is 29.5 Å². The molecule has 1 unspecified atom stereocenters. The highest BCUT2D eigenvalue weighted by atomic mass is 32.1. The van der Waals surface area contributed by atoms with Gasteiger partial charge < -0.3 is 5.32 Å². The van der Waals surface area contributed by atoms with Crippen LogP contribution in [0.5, 0.6) is 0 Å². The SMILES string of the molecule is Cc1nn(C)cc1CNC(=O)C1CC(=O)c2sc(NC(=O)c3ccccc3)nc2C1. The van der Waals surface area contributed by atoms with E-state index in [0.29, 0.717) is 34.2 Å². The molecule has 1 aromatic carbocycles. The standard InChI is InChI=1S/C21H21N5O3S/c1-12-15(11-26(2)25-12)10-22-19(28)14-8-16-18(17(27)9-14)30-21(23-16)24-20(29)13-6-4-3-5-7-13/h3-7,11,14H,8-10H2,1-2H3,(H,22,28)(H,23,24,29). The summed E-state index contributed by atoms with van der Waals surface area (Å²) >= 11 is 1.16. The number of anilines is 1. The van der Waals surface area contributed by atoms with E-state index in [9.17, 15) is 14.4 Å². The van der Waals surface area contributed by atoms with Crippen molar-refractivity contribution >= 4 is 34.1 Å². The Labute approximate surface area is 177 Å². The van der Waals surface area contributed by atoms with Crippen molar-refractivity contribution in [3.05, 3.63) is 63.9 Å². The Balaban J connectivity index is 1.42. The lowest BCUT2D eigenvalue weighted by molar-refractivity contribution is -0.125. The van der Waals surface area contributed by atoms with Gasteiger partial charge in [-0.05, 0) is 19.1 Å². The smallest absolute Gasteiger partial charge is 0.257 e. The number of carbonyl (C=O) groups excluding carboxylic acids is 3. The van der Waals surface area contributed by atoms with Crippen LogP contribution in [0, 0.1) is 12.8 Å². The highest BCUT2D eigenvalue weighted by Gasteiger charge is 2.33. The zero-order chi connectivity index (χ0) is 21.3. The number of thiazole rings is 1. The molecular weight excluding hydrogens is 402 g/mol. The van der Waals surface area contributed by atoms with E-state index >= 15 is 0 Å². The summed E-state index contributed by atoms with van der Waals surface area (Å²) < 4.78 is 1.70. The second-order valence-electron chi connectivity index (χ2n) is 7.27. The molecule has 1 aliphatic carbocycles. The van der Waals surface area contributed by atoms with E-state index in [1.54, 1.807) is 28.9 Å². The molecule has 2 N–H and O–H groups in total. The molecule has 1 atom stereocenters. The number of carbonyl (C=O) groups is 3. The third-order valence-corrected chi connectivity index (χ3v) is 6.07. The van der Waals surface area contributed by atoms with Crippen LogP contribution >= 0.6 is 11.3 Å². The fourth-order valence-corrected chi connectivity index (χ4v) is 4.41. The van der Waals surface area contributed by atoms with E-state index in [4.69, 9.17) is 0 Å². The Morgan fingerprint density at radius 3 is 2.70 bits per heavy atom. The van der Waals surface area contributed by atoms with Crippen LogP contribution in [-0.2, 0) is 24.8 Å². The lowest BCUT2D eigenvalue weighted by atomic mass is 9.89. The number of Topliss-reactive ketones (excluding diaryl/α,β-unsaturated/α-hetero) is 1. The minimum Gasteiger partial charge on any atom is -0.352 e. The van der Waals surface area contributed by atoms with Gasteiger partial charge in [0.2, 0.25) is 5.91 Å². The second-order valence-corrected chi connectivity index (χ2v) is 8.27. The molecular formula is C21H21N5O3S. The van der Waals surface area contributed by atoms with Crippen molar-refractivity contribution < 1.29 is 14.4 Å². The quantitative estimate of drug-likeness (QED) is 0.656. The number of rotatable bonds is 5. The Kier molecular flexibility index (Phi) is 5.45. The fraction of sp³-hybridized carbons (Fsp3) is 0.286. The summed E-state index contributed by atoms with van der Waals surface area (Å²) in [6, 6.07) is 8.80. The summed E-state index contributed by atoms with van der Waals surface area (Å²) in [5, 5.41) is 10.3. The maximum absolute atomic E-state index is 12.6. The summed E-state index contributed by atoms with van der Waals surface area (Å²) in [4.78, 5) is 42.5. The van der Waals surface area contributed by atoms with E-state index in [1.165, 1.54) is 0 Å². The number of hydrogen-bond donors (Lipinski definition) is 2. The average Bonchev–Trinajstić information content (AvgIpc) is 3.28. The molecule has 4 rings (SSSR count).